The van der Waals surface area contributed by atoms with Gasteiger partial charge in [0.15, 0.2) is 0 Å². The van der Waals surface area contributed by atoms with E-state index in [0.29, 0.717) is 30.8 Å². The summed E-state index contributed by atoms with van der Waals surface area (Å²) >= 11 is 3.18. The van der Waals surface area contributed by atoms with Gasteiger partial charge in [-0.25, -0.2) is 4.79 Å². The number of rotatable bonds is 3. The fourth-order valence-corrected chi connectivity index (χ4v) is 2.25. The third-order valence-corrected chi connectivity index (χ3v) is 3.56. The molecule has 0 aromatic rings. The van der Waals surface area contributed by atoms with Gasteiger partial charge in [-0.3, -0.25) is 4.79 Å². The lowest BCUT2D eigenvalue weighted by atomic mass is 9.92. The van der Waals surface area contributed by atoms with Gasteiger partial charge < -0.3 is 9.64 Å². The van der Waals surface area contributed by atoms with Gasteiger partial charge in [0.05, 0.1) is 5.33 Å². The van der Waals surface area contributed by atoms with Crippen molar-refractivity contribution in [1.82, 2.24) is 4.90 Å². The highest BCUT2D eigenvalue weighted by atomic mass is 79.9. The number of carbonyl (C=O) groups is 2. The third-order valence-electron chi connectivity index (χ3n) is 2.93. The summed E-state index contributed by atoms with van der Waals surface area (Å²) in [6, 6.07) is 0. The minimum absolute atomic E-state index is 0. The van der Waals surface area contributed by atoms with Crippen LogP contribution >= 0.6 is 15.9 Å². The second kappa shape index (κ2) is 12.9. The molecule has 5 heteroatoms. The summed E-state index contributed by atoms with van der Waals surface area (Å²) in [5.74, 6) is 0.652. The molecule has 1 rings (SSSR count). The number of nitrogens with zero attached hydrogens (tertiary/aromatic N) is 1. The lowest BCUT2D eigenvalue weighted by Crippen LogP contribution is -2.42. The molecule has 0 aromatic heterocycles. The molecule has 1 heterocycles. The van der Waals surface area contributed by atoms with Crippen molar-refractivity contribution in [2.24, 2.45) is 5.92 Å². The Balaban J connectivity index is -0.000000864. The maximum absolute atomic E-state index is 11.8. The van der Waals surface area contributed by atoms with Crippen LogP contribution < -0.4 is 0 Å². The zero-order valence-corrected chi connectivity index (χ0v) is 15.0. The van der Waals surface area contributed by atoms with E-state index in [9.17, 15) is 9.59 Å². The van der Waals surface area contributed by atoms with E-state index in [1.54, 1.807) is 4.90 Å². The normalized spacial score (nSPS) is 14.7. The van der Waals surface area contributed by atoms with Gasteiger partial charge >= 0.3 is 6.09 Å². The molecule has 0 aromatic carbocycles. The standard InChI is InChI=1S/C13H22BrNO3.C2H6.2CH4/c1-13(2,3)18-12(17)15-6-4-10(5-7-15)8-11(16)9-14;1-2;;/h10H,4-9H2,1-3H3;1-2H3;2*1H4. The fraction of sp³-hybridized carbons (Fsp3) is 0.882. The number of carbonyl (C=O) groups excluding carboxylic acids is 2. The van der Waals surface area contributed by atoms with E-state index in [4.69, 9.17) is 4.74 Å². The van der Waals surface area contributed by atoms with E-state index < -0.39 is 5.60 Å². The number of hydrogen-bond acceptors (Lipinski definition) is 3. The number of alkyl halides is 1. The van der Waals surface area contributed by atoms with Crippen molar-refractivity contribution in [1.29, 1.82) is 0 Å². The summed E-state index contributed by atoms with van der Waals surface area (Å²) in [6.45, 7) is 11.0. The molecule has 0 unspecified atom stereocenters. The summed E-state index contributed by atoms with van der Waals surface area (Å²) in [4.78, 5) is 24.9. The van der Waals surface area contributed by atoms with Gasteiger partial charge in [-0.1, -0.05) is 44.6 Å². The molecule has 0 bridgehead atoms. The first-order valence-corrected chi connectivity index (χ1v) is 8.49. The topological polar surface area (TPSA) is 46.6 Å². The van der Waals surface area contributed by atoms with Gasteiger partial charge in [0.25, 0.3) is 0 Å². The van der Waals surface area contributed by atoms with Crippen molar-refractivity contribution in [2.45, 2.75) is 74.3 Å². The Morgan fingerprint density at radius 1 is 1.14 bits per heavy atom. The number of Topliss-reactive ketones (excluding diaryl/α,β-unsaturated/α-hetero) is 1. The van der Waals surface area contributed by atoms with Gasteiger partial charge in [-0.15, -0.1) is 0 Å². The number of amides is 1. The smallest absolute Gasteiger partial charge is 0.410 e. The van der Waals surface area contributed by atoms with Gasteiger partial charge in [-0.05, 0) is 39.5 Å². The Bertz CT molecular complexity index is 306. The Morgan fingerprint density at radius 2 is 1.59 bits per heavy atom. The van der Waals surface area contributed by atoms with Gasteiger partial charge in [0, 0.05) is 19.5 Å². The second-order valence-electron chi connectivity index (χ2n) is 5.79. The number of halogens is 1. The van der Waals surface area contributed by atoms with Crippen LogP contribution in [0.2, 0.25) is 0 Å². The Kier molecular flexibility index (Phi) is 15.5. The average Bonchev–Trinajstić information content (AvgIpc) is 2.39. The highest BCUT2D eigenvalue weighted by Gasteiger charge is 2.27. The van der Waals surface area contributed by atoms with Crippen LogP contribution in [0.5, 0.6) is 0 Å². The zero-order chi connectivity index (χ0) is 15.8. The van der Waals surface area contributed by atoms with Crippen LogP contribution in [0.3, 0.4) is 0 Å². The first-order chi connectivity index (χ1) is 9.31. The highest BCUT2D eigenvalue weighted by molar-refractivity contribution is 9.09. The maximum atomic E-state index is 11.8. The molecule has 4 nitrogen and oxygen atoms in total. The van der Waals surface area contributed by atoms with E-state index in [-0.39, 0.29) is 26.7 Å². The van der Waals surface area contributed by atoms with Crippen LogP contribution in [0.1, 0.15) is 68.7 Å². The lowest BCUT2D eigenvalue weighted by molar-refractivity contribution is -0.117. The first kappa shape index (κ1) is 26.3. The van der Waals surface area contributed by atoms with Gasteiger partial charge in [0.1, 0.15) is 11.4 Å². The quantitative estimate of drug-likeness (QED) is 0.624. The first-order valence-electron chi connectivity index (χ1n) is 7.37. The summed E-state index contributed by atoms with van der Waals surface area (Å²) in [5, 5.41) is 0.430. The molecular formula is C17H36BrNO3. The van der Waals surface area contributed by atoms with Crippen molar-refractivity contribution in [3.05, 3.63) is 0 Å². The molecule has 1 amide bonds. The molecule has 22 heavy (non-hydrogen) atoms. The van der Waals surface area contributed by atoms with Crippen LogP contribution in [-0.4, -0.2) is 40.8 Å². The highest BCUT2D eigenvalue weighted by Crippen LogP contribution is 2.22. The minimum Gasteiger partial charge on any atom is -0.444 e. The molecule has 0 radical (unpaired) electrons. The molecule has 0 N–H and O–H groups in total. The summed E-state index contributed by atoms with van der Waals surface area (Å²) in [7, 11) is 0. The van der Waals surface area contributed by atoms with Crippen molar-refractivity contribution in [2.75, 3.05) is 18.4 Å². The number of ether oxygens (including phenoxy) is 1. The summed E-state index contributed by atoms with van der Waals surface area (Å²) < 4.78 is 5.33. The third kappa shape index (κ3) is 11.0. The largest absolute Gasteiger partial charge is 0.444 e. The van der Waals surface area contributed by atoms with Crippen LogP contribution in [-0.2, 0) is 9.53 Å². The molecule has 1 fully saturated rings. The zero-order valence-electron chi connectivity index (χ0n) is 13.4. The van der Waals surface area contributed by atoms with Crippen molar-refractivity contribution >= 4 is 27.8 Å². The molecule has 0 spiro atoms. The molecule has 0 saturated carbocycles. The number of likely N-dealkylation sites (tertiary alicyclic amines) is 1. The van der Waals surface area contributed by atoms with Crippen LogP contribution in [0.15, 0.2) is 0 Å². The van der Waals surface area contributed by atoms with Crippen molar-refractivity contribution < 1.29 is 14.3 Å². The SMILES string of the molecule is C.C.CC.CC(C)(C)OC(=O)N1CCC(CC(=O)CBr)CC1. The fourth-order valence-electron chi connectivity index (χ4n) is 2.02. The Morgan fingerprint density at radius 3 is 1.95 bits per heavy atom. The summed E-state index contributed by atoms with van der Waals surface area (Å²) in [5.41, 5.74) is -0.445. The second-order valence-corrected chi connectivity index (χ2v) is 6.35. The van der Waals surface area contributed by atoms with E-state index in [0.717, 1.165) is 12.8 Å². The van der Waals surface area contributed by atoms with Crippen molar-refractivity contribution in [3.63, 3.8) is 0 Å². The minimum atomic E-state index is -0.445. The molecule has 1 saturated heterocycles. The van der Waals surface area contributed by atoms with Crippen LogP contribution in [0.4, 0.5) is 4.79 Å². The summed E-state index contributed by atoms with van der Waals surface area (Å²) in [6.07, 6.45) is 2.15. The van der Waals surface area contributed by atoms with E-state index >= 15 is 0 Å². The van der Waals surface area contributed by atoms with Crippen LogP contribution in [0, 0.1) is 5.92 Å². The molecule has 0 atom stereocenters. The van der Waals surface area contributed by atoms with E-state index in [1.807, 2.05) is 34.6 Å². The lowest BCUT2D eigenvalue weighted by Gasteiger charge is -2.33. The molecular weight excluding hydrogens is 346 g/mol. The van der Waals surface area contributed by atoms with Gasteiger partial charge in [0.2, 0.25) is 0 Å². The number of hydrogen-bond donors (Lipinski definition) is 0. The monoisotopic (exact) mass is 381 g/mol. The molecule has 1 aliphatic heterocycles. The predicted molar refractivity (Wildman–Crippen MR) is 98.8 cm³/mol. The Hall–Kier alpha value is -0.580. The molecule has 134 valence electrons. The van der Waals surface area contributed by atoms with Gasteiger partial charge in [-0.2, -0.15) is 0 Å². The molecule has 0 aliphatic carbocycles. The number of ketones is 1. The molecule has 1 aliphatic rings. The van der Waals surface area contributed by atoms with E-state index in [2.05, 4.69) is 15.9 Å². The Labute approximate surface area is 146 Å². The van der Waals surface area contributed by atoms with Crippen LogP contribution in [0.25, 0.3) is 0 Å². The van der Waals surface area contributed by atoms with Crippen molar-refractivity contribution in [3.8, 4) is 0 Å². The van der Waals surface area contributed by atoms with E-state index in [1.165, 1.54) is 0 Å². The average molecular weight is 382 g/mol. The maximum Gasteiger partial charge on any atom is 0.410 e. The predicted octanol–water partition coefficient (Wildman–Crippen LogP) is 5.29. The number of piperidine rings is 1.